The number of hydrogen-bond acceptors (Lipinski definition) is 3. The van der Waals surface area contributed by atoms with E-state index in [1.807, 2.05) is 25.2 Å². The summed E-state index contributed by atoms with van der Waals surface area (Å²) in [6, 6.07) is 7.36. The molecule has 0 radical (unpaired) electrons. The zero-order chi connectivity index (χ0) is 11.5. The molecule has 0 bridgehead atoms. The predicted molar refractivity (Wildman–Crippen MR) is 60.8 cm³/mol. The Morgan fingerprint density at radius 2 is 1.75 bits per heavy atom. The first-order valence-electron chi connectivity index (χ1n) is 5.02. The SMILES string of the molecule is CNCc1ccccc1N1C(=O)C=CC1=O. The molecule has 1 heterocycles. The van der Waals surface area contributed by atoms with Gasteiger partial charge in [0.25, 0.3) is 11.8 Å². The van der Waals surface area contributed by atoms with Gasteiger partial charge in [0.05, 0.1) is 5.69 Å². The minimum Gasteiger partial charge on any atom is -0.316 e. The number of carbonyl (C=O) groups excluding carboxylic acids is 2. The van der Waals surface area contributed by atoms with Crippen molar-refractivity contribution in [1.82, 2.24) is 5.32 Å². The molecule has 0 atom stereocenters. The lowest BCUT2D eigenvalue weighted by atomic mass is 10.1. The van der Waals surface area contributed by atoms with Gasteiger partial charge in [-0.05, 0) is 18.7 Å². The van der Waals surface area contributed by atoms with Gasteiger partial charge < -0.3 is 5.32 Å². The molecule has 1 N–H and O–H groups in total. The lowest BCUT2D eigenvalue weighted by Crippen LogP contribution is -2.30. The van der Waals surface area contributed by atoms with Crippen LogP contribution in [0.15, 0.2) is 36.4 Å². The van der Waals surface area contributed by atoms with Crippen LogP contribution >= 0.6 is 0 Å². The third-order valence-corrected chi connectivity index (χ3v) is 2.41. The Labute approximate surface area is 93.6 Å². The summed E-state index contributed by atoms with van der Waals surface area (Å²) in [5, 5.41) is 3.01. The maximum Gasteiger partial charge on any atom is 0.258 e. The fourth-order valence-electron chi connectivity index (χ4n) is 1.71. The van der Waals surface area contributed by atoms with Crippen LogP contribution in [0.2, 0.25) is 0 Å². The summed E-state index contributed by atoms with van der Waals surface area (Å²) in [6.45, 7) is 0.618. The molecule has 4 heteroatoms. The van der Waals surface area contributed by atoms with Gasteiger partial charge in [-0.25, -0.2) is 4.90 Å². The van der Waals surface area contributed by atoms with E-state index in [1.54, 1.807) is 6.07 Å². The minimum atomic E-state index is -0.284. The fraction of sp³-hybridized carbons (Fsp3) is 0.167. The van der Waals surface area contributed by atoms with Crippen LogP contribution in [0.5, 0.6) is 0 Å². The quantitative estimate of drug-likeness (QED) is 0.761. The molecule has 1 aromatic carbocycles. The number of para-hydroxylation sites is 1. The Morgan fingerprint density at radius 3 is 2.38 bits per heavy atom. The number of carbonyl (C=O) groups is 2. The number of benzene rings is 1. The first kappa shape index (κ1) is 10.6. The van der Waals surface area contributed by atoms with Crippen molar-refractivity contribution in [3.05, 3.63) is 42.0 Å². The van der Waals surface area contributed by atoms with Gasteiger partial charge in [-0.1, -0.05) is 18.2 Å². The van der Waals surface area contributed by atoms with Crippen LogP contribution in [-0.4, -0.2) is 18.9 Å². The molecule has 1 aliphatic heterocycles. The van der Waals surface area contributed by atoms with Gasteiger partial charge >= 0.3 is 0 Å². The van der Waals surface area contributed by atoms with Crippen LogP contribution in [0.25, 0.3) is 0 Å². The van der Waals surface area contributed by atoms with Crippen LogP contribution in [0.1, 0.15) is 5.56 Å². The van der Waals surface area contributed by atoms with Crippen molar-refractivity contribution >= 4 is 17.5 Å². The Balaban J connectivity index is 2.40. The standard InChI is InChI=1S/C12H12N2O2/c1-13-8-9-4-2-3-5-10(9)14-11(15)6-7-12(14)16/h2-7,13H,8H2,1H3. The predicted octanol–water partition coefficient (Wildman–Crippen LogP) is 0.835. The number of hydrogen-bond donors (Lipinski definition) is 1. The van der Waals surface area contributed by atoms with Crippen molar-refractivity contribution in [3.63, 3.8) is 0 Å². The minimum absolute atomic E-state index is 0.284. The van der Waals surface area contributed by atoms with E-state index in [2.05, 4.69) is 5.32 Å². The van der Waals surface area contributed by atoms with E-state index in [0.717, 1.165) is 5.56 Å². The van der Waals surface area contributed by atoms with Gasteiger partial charge in [-0.3, -0.25) is 9.59 Å². The van der Waals surface area contributed by atoms with Gasteiger partial charge in [-0.2, -0.15) is 0 Å². The van der Waals surface area contributed by atoms with Crippen molar-refractivity contribution in [2.24, 2.45) is 0 Å². The van der Waals surface area contributed by atoms with Gasteiger partial charge in [0.15, 0.2) is 0 Å². The van der Waals surface area contributed by atoms with Gasteiger partial charge in [-0.15, -0.1) is 0 Å². The van der Waals surface area contributed by atoms with Gasteiger partial charge in [0.1, 0.15) is 0 Å². The molecule has 82 valence electrons. The van der Waals surface area contributed by atoms with Crippen molar-refractivity contribution in [2.75, 3.05) is 11.9 Å². The summed E-state index contributed by atoms with van der Waals surface area (Å²) in [7, 11) is 1.82. The van der Waals surface area contributed by atoms with E-state index in [1.165, 1.54) is 17.1 Å². The third-order valence-electron chi connectivity index (χ3n) is 2.41. The highest BCUT2D eigenvalue weighted by molar-refractivity contribution is 6.28. The fourth-order valence-corrected chi connectivity index (χ4v) is 1.71. The molecule has 2 amide bonds. The molecular formula is C12H12N2O2. The number of anilines is 1. The van der Waals surface area contributed by atoms with E-state index in [0.29, 0.717) is 12.2 Å². The third kappa shape index (κ3) is 1.75. The van der Waals surface area contributed by atoms with E-state index in [9.17, 15) is 9.59 Å². The van der Waals surface area contributed by atoms with Crippen LogP contribution in [0.4, 0.5) is 5.69 Å². The topological polar surface area (TPSA) is 49.4 Å². The molecule has 0 aliphatic carbocycles. The maximum atomic E-state index is 11.5. The normalized spacial score (nSPS) is 14.9. The lowest BCUT2D eigenvalue weighted by molar-refractivity contribution is -0.119. The molecule has 4 nitrogen and oxygen atoms in total. The summed E-state index contributed by atoms with van der Waals surface area (Å²) in [4.78, 5) is 24.3. The molecule has 0 aromatic heterocycles. The van der Waals surface area contributed by atoms with Crippen molar-refractivity contribution in [3.8, 4) is 0 Å². The first-order chi connectivity index (χ1) is 7.74. The van der Waals surface area contributed by atoms with Crippen LogP contribution < -0.4 is 10.2 Å². The Hall–Kier alpha value is -1.94. The number of nitrogens with one attached hydrogen (secondary N) is 1. The molecule has 0 unspecified atom stereocenters. The van der Waals surface area contributed by atoms with Crippen molar-refractivity contribution < 1.29 is 9.59 Å². The van der Waals surface area contributed by atoms with Gasteiger partial charge in [0, 0.05) is 18.7 Å². The highest BCUT2D eigenvalue weighted by Gasteiger charge is 2.26. The molecule has 1 aliphatic rings. The summed E-state index contributed by atoms with van der Waals surface area (Å²) in [5.74, 6) is -0.567. The Kier molecular flexibility index (Phi) is 2.83. The van der Waals surface area contributed by atoms with E-state index >= 15 is 0 Å². The molecule has 0 spiro atoms. The van der Waals surface area contributed by atoms with Crippen molar-refractivity contribution in [1.29, 1.82) is 0 Å². The Bertz CT molecular complexity index is 448. The smallest absolute Gasteiger partial charge is 0.258 e. The molecule has 2 rings (SSSR count). The molecule has 0 saturated carbocycles. The Morgan fingerprint density at radius 1 is 1.12 bits per heavy atom. The van der Waals surface area contributed by atoms with Crippen LogP contribution in [0, 0.1) is 0 Å². The number of amides is 2. The molecule has 0 fully saturated rings. The zero-order valence-electron chi connectivity index (χ0n) is 8.93. The van der Waals surface area contributed by atoms with Crippen LogP contribution in [0.3, 0.4) is 0 Å². The maximum absolute atomic E-state index is 11.5. The molecule has 16 heavy (non-hydrogen) atoms. The highest BCUT2D eigenvalue weighted by atomic mass is 16.2. The van der Waals surface area contributed by atoms with Gasteiger partial charge in [0.2, 0.25) is 0 Å². The average molecular weight is 216 g/mol. The lowest BCUT2D eigenvalue weighted by Gasteiger charge is -2.17. The van der Waals surface area contributed by atoms with E-state index in [4.69, 9.17) is 0 Å². The molecule has 0 saturated heterocycles. The first-order valence-corrected chi connectivity index (χ1v) is 5.02. The number of nitrogens with zero attached hydrogens (tertiary/aromatic N) is 1. The summed E-state index contributed by atoms with van der Waals surface area (Å²) in [6.07, 6.45) is 2.58. The highest BCUT2D eigenvalue weighted by Crippen LogP contribution is 2.23. The number of imide groups is 1. The second kappa shape index (κ2) is 4.28. The summed E-state index contributed by atoms with van der Waals surface area (Å²) < 4.78 is 0. The van der Waals surface area contributed by atoms with Crippen molar-refractivity contribution in [2.45, 2.75) is 6.54 Å². The molecule has 1 aromatic rings. The number of rotatable bonds is 3. The van der Waals surface area contributed by atoms with E-state index in [-0.39, 0.29) is 11.8 Å². The largest absolute Gasteiger partial charge is 0.316 e. The zero-order valence-corrected chi connectivity index (χ0v) is 8.93. The molecular weight excluding hydrogens is 204 g/mol. The monoisotopic (exact) mass is 216 g/mol. The second-order valence-electron chi connectivity index (χ2n) is 3.50. The van der Waals surface area contributed by atoms with Crippen LogP contribution in [-0.2, 0) is 16.1 Å². The summed E-state index contributed by atoms with van der Waals surface area (Å²) in [5.41, 5.74) is 1.58. The van der Waals surface area contributed by atoms with E-state index < -0.39 is 0 Å². The second-order valence-corrected chi connectivity index (χ2v) is 3.50. The average Bonchev–Trinajstić information content (AvgIpc) is 2.60. The summed E-state index contributed by atoms with van der Waals surface area (Å²) >= 11 is 0.